The van der Waals surface area contributed by atoms with E-state index in [9.17, 15) is 4.79 Å². The molecule has 3 heterocycles. The molecule has 1 saturated heterocycles. The fourth-order valence-corrected chi connectivity index (χ4v) is 2.01. The number of hydroxylamine groups is 2. The standard InChI is InChI=1S/C13H15N3O3/c17-13(16-8-1-2-9-18-16)12-5-4-11(19-12)10-15-7-3-6-14-15/h3-7H,1-2,8-10H2. The van der Waals surface area contributed by atoms with E-state index in [0.717, 1.165) is 12.8 Å². The summed E-state index contributed by atoms with van der Waals surface area (Å²) < 4.78 is 7.28. The van der Waals surface area contributed by atoms with Crippen LogP contribution in [0.1, 0.15) is 29.2 Å². The zero-order valence-corrected chi connectivity index (χ0v) is 10.5. The number of furan rings is 1. The molecule has 3 rings (SSSR count). The second-order valence-corrected chi connectivity index (χ2v) is 4.42. The molecule has 6 nitrogen and oxygen atoms in total. The number of carbonyl (C=O) groups excluding carboxylic acids is 1. The third kappa shape index (κ3) is 2.68. The first kappa shape index (κ1) is 12.0. The van der Waals surface area contributed by atoms with E-state index < -0.39 is 0 Å². The van der Waals surface area contributed by atoms with Crippen LogP contribution in [0, 0.1) is 0 Å². The van der Waals surface area contributed by atoms with Crippen molar-refractivity contribution in [2.75, 3.05) is 13.2 Å². The normalized spacial score (nSPS) is 15.7. The van der Waals surface area contributed by atoms with Gasteiger partial charge in [-0.05, 0) is 31.0 Å². The number of amides is 1. The smallest absolute Gasteiger partial charge is 0.313 e. The molecule has 0 radical (unpaired) electrons. The lowest BCUT2D eigenvalue weighted by atomic mass is 10.3. The van der Waals surface area contributed by atoms with Gasteiger partial charge in [-0.1, -0.05) is 0 Å². The predicted octanol–water partition coefficient (Wildman–Crippen LogP) is 1.69. The van der Waals surface area contributed by atoms with Crippen molar-refractivity contribution in [1.29, 1.82) is 0 Å². The first-order valence-corrected chi connectivity index (χ1v) is 6.34. The Balaban J connectivity index is 1.68. The van der Waals surface area contributed by atoms with E-state index in [4.69, 9.17) is 9.25 Å². The van der Waals surface area contributed by atoms with Gasteiger partial charge in [0, 0.05) is 18.9 Å². The van der Waals surface area contributed by atoms with Crippen molar-refractivity contribution in [2.45, 2.75) is 19.4 Å². The molecule has 0 bridgehead atoms. The van der Waals surface area contributed by atoms with Crippen LogP contribution in [-0.2, 0) is 11.4 Å². The number of carbonyl (C=O) groups is 1. The average Bonchev–Trinajstić information content (AvgIpc) is 3.11. The molecule has 0 spiro atoms. The van der Waals surface area contributed by atoms with E-state index in [1.165, 1.54) is 5.06 Å². The first-order chi connectivity index (χ1) is 9.33. The molecule has 0 atom stereocenters. The van der Waals surface area contributed by atoms with Crippen LogP contribution in [0.4, 0.5) is 0 Å². The molecule has 2 aromatic heterocycles. The van der Waals surface area contributed by atoms with Gasteiger partial charge in [0.2, 0.25) is 0 Å². The predicted molar refractivity (Wildman–Crippen MR) is 66.3 cm³/mol. The third-order valence-corrected chi connectivity index (χ3v) is 2.98. The van der Waals surface area contributed by atoms with E-state index in [1.807, 2.05) is 12.3 Å². The van der Waals surface area contributed by atoms with Crippen LogP contribution in [0.5, 0.6) is 0 Å². The molecule has 0 N–H and O–H groups in total. The van der Waals surface area contributed by atoms with Crippen molar-refractivity contribution in [3.05, 3.63) is 42.1 Å². The summed E-state index contributed by atoms with van der Waals surface area (Å²) in [5.74, 6) is 0.791. The Morgan fingerprint density at radius 3 is 3.05 bits per heavy atom. The molecule has 1 aliphatic heterocycles. The lowest BCUT2D eigenvalue weighted by molar-refractivity contribution is -0.145. The van der Waals surface area contributed by atoms with Crippen molar-refractivity contribution < 1.29 is 14.0 Å². The van der Waals surface area contributed by atoms with Crippen LogP contribution >= 0.6 is 0 Å². The van der Waals surface area contributed by atoms with Crippen LogP contribution in [0.2, 0.25) is 0 Å². The minimum atomic E-state index is -0.216. The van der Waals surface area contributed by atoms with Crippen molar-refractivity contribution in [3.63, 3.8) is 0 Å². The second kappa shape index (κ2) is 5.27. The minimum absolute atomic E-state index is 0.216. The molecule has 1 amide bonds. The van der Waals surface area contributed by atoms with Gasteiger partial charge in [0.15, 0.2) is 5.76 Å². The van der Waals surface area contributed by atoms with Crippen LogP contribution in [0.15, 0.2) is 35.0 Å². The Bertz CT molecular complexity index is 541. The summed E-state index contributed by atoms with van der Waals surface area (Å²) in [6.45, 7) is 1.72. The molecule has 0 aliphatic carbocycles. The molecular weight excluding hydrogens is 246 g/mol. The fraction of sp³-hybridized carbons (Fsp3) is 0.385. The summed E-state index contributed by atoms with van der Waals surface area (Å²) in [4.78, 5) is 17.4. The zero-order valence-electron chi connectivity index (χ0n) is 10.5. The molecule has 0 saturated carbocycles. The highest BCUT2D eigenvalue weighted by Crippen LogP contribution is 2.15. The van der Waals surface area contributed by atoms with Gasteiger partial charge >= 0.3 is 5.91 Å². The summed E-state index contributed by atoms with van der Waals surface area (Å²) in [5, 5.41) is 5.47. The second-order valence-electron chi connectivity index (χ2n) is 4.42. The van der Waals surface area contributed by atoms with Crippen LogP contribution in [0.25, 0.3) is 0 Å². The number of rotatable bonds is 3. The molecule has 1 aliphatic rings. The van der Waals surface area contributed by atoms with Crippen molar-refractivity contribution in [2.24, 2.45) is 0 Å². The SMILES string of the molecule is O=C(c1ccc(Cn2cccn2)o1)N1CCCCO1. The van der Waals surface area contributed by atoms with Gasteiger partial charge in [-0.3, -0.25) is 14.3 Å². The summed E-state index contributed by atoms with van der Waals surface area (Å²) in [7, 11) is 0. The monoisotopic (exact) mass is 261 g/mol. The van der Waals surface area contributed by atoms with E-state index >= 15 is 0 Å². The summed E-state index contributed by atoms with van der Waals surface area (Å²) in [5.41, 5.74) is 0. The van der Waals surface area contributed by atoms with Gasteiger partial charge in [-0.2, -0.15) is 5.10 Å². The van der Waals surface area contributed by atoms with Crippen LogP contribution in [-0.4, -0.2) is 33.9 Å². The highest BCUT2D eigenvalue weighted by molar-refractivity contribution is 5.90. The highest BCUT2D eigenvalue weighted by atomic mass is 16.7. The van der Waals surface area contributed by atoms with Gasteiger partial charge in [0.05, 0.1) is 13.2 Å². The van der Waals surface area contributed by atoms with Gasteiger partial charge in [0.1, 0.15) is 5.76 Å². The maximum atomic E-state index is 12.1. The molecule has 6 heteroatoms. The van der Waals surface area contributed by atoms with E-state index in [1.54, 1.807) is 23.0 Å². The molecule has 2 aromatic rings. The summed E-state index contributed by atoms with van der Waals surface area (Å²) in [6.07, 6.45) is 5.51. The Labute approximate surface area is 110 Å². The maximum Gasteiger partial charge on any atom is 0.313 e. The van der Waals surface area contributed by atoms with Crippen LogP contribution in [0.3, 0.4) is 0 Å². The molecule has 1 fully saturated rings. The molecular formula is C13H15N3O3. The van der Waals surface area contributed by atoms with Crippen LogP contribution < -0.4 is 0 Å². The van der Waals surface area contributed by atoms with E-state index in [0.29, 0.717) is 31.2 Å². The Kier molecular flexibility index (Phi) is 3.33. The first-order valence-electron chi connectivity index (χ1n) is 6.34. The van der Waals surface area contributed by atoms with Gasteiger partial charge in [-0.15, -0.1) is 0 Å². The number of hydrogen-bond acceptors (Lipinski definition) is 4. The van der Waals surface area contributed by atoms with Gasteiger partial charge in [0.25, 0.3) is 0 Å². The Morgan fingerprint density at radius 2 is 2.32 bits per heavy atom. The summed E-state index contributed by atoms with van der Waals surface area (Å²) >= 11 is 0. The minimum Gasteiger partial charge on any atom is -0.454 e. The molecule has 19 heavy (non-hydrogen) atoms. The Morgan fingerprint density at radius 1 is 1.37 bits per heavy atom. The number of nitrogens with zero attached hydrogens (tertiary/aromatic N) is 3. The third-order valence-electron chi connectivity index (χ3n) is 2.98. The largest absolute Gasteiger partial charge is 0.454 e. The lowest BCUT2D eigenvalue weighted by Crippen LogP contribution is -2.35. The van der Waals surface area contributed by atoms with Crippen molar-refractivity contribution >= 4 is 5.91 Å². The number of aromatic nitrogens is 2. The van der Waals surface area contributed by atoms with Crippen molar-refractivity contribution in [3.8, 4) is 0 Å². The number of hydrogen-bond donors (Lipinski definition) is 0. The quantitative estimate of drug-likeness (QED) is 0.843. The van der Waals surface area contributed by atoms with E-state index in [2.05, 4.69) is 5.10 Å². The van der Waals surface area contributed by atoms with Gasteiger partial charge in [-0.25, -0.2) is 5.06 Å². The van der Waals surface area contributed by atoms with Crippen molar-refractivity contribution in [1.82, 2.24) is 14.8 Å². The topological polar surface area (TPSA) is 60.5 Å². The summed E-state index contributed by atoms with van der Waals surface area (Å²) in [6, 6.07) is 5.31. The zero-order chi connectivity index (χ0) is 13.1. The Hall–Kier alpha value is -2.08. The maximum absolute atomic E-state index is 12.1. The highest BCUT2D eigenvalue weighted by Gasteiger charge is 2.22. The molecule has 0 unspecified atom stereocenters. The lowest BCUT2D eigenvalue weighted by Gasteiger charge is -2.24. The van der Waals surface area contributed by atoms with Gasteiger partial charge < -0.3 is 4.42 Å². The molecule has 0 aromatic carbocycles. The average molecular weight is 261 g/mol. The molecule has 100 valence electrons. The fourth-order valence-electron chi connectivity index (χ4n) is 2.01. The van der Waals surface area contributed by atoms with E-state index in [-0.39, 0.29) is 5.91 Å².